The number of nitrogens with one attached hydrogen (secondary N) is 2. The van der Waals surface area contributed by atoms with E-state index in [4.69, 9.17) is 28.3 Å². The fourth-order valence-electron chi connectivity index (χ4n) is 8.31. The van der Waals surface area contributed by atoms with E-state index in [1.165, 1.54) is 23.4 Å². The molecule has 0 spiro atoms. The third kappa shape index (κ3) is 15.8. The topological polar surface area (TPSA) is 251 Å². The van der Waals surface area contributed by atoms with Crippen molar-refractivity contribution in [1.82, 2.24) is 39.0 Å². The molecule has 2 N–H and O–H groups in total. The molecule has 1 aliphatic rings. The van der Waals surface area contributed by atoms with E-state index in [2.05, 4.69) is 45.8 Å². The monoisotopic (exact) mass is 1360 g/mol. The zero-order valence-electron chi connectivity index (χ0n) is 45.1. The average Bonchev–Trinajstić information content (AvgIpc) is 4.12. The van der Waals surface area contributed by atoms with Gasteiger partial charge in [-0.2, -0.15) is 0 Å². The summed E-state index contributed by atoms with van der Waals surface area (Å²) < 4.78 is 87.5. The summed E-state index contributed by atoms with van der Waals surface area (Å²) in [5.74, 6) is 1.36. The van der Waals surface area contributed by atoms with Gasteiger partial charge in [0, 0.05) is 91.8 Å². The largest absolute Gasteiger partial charge is 0.496 e. The van der Waals surface area contributed by atoms with E-state index in [0.717, 1.165) is 28.1 Å². The Balaban J connectivity index is 0.000000293. The van der Waals surface area contributed by atoms with Crippen LogP contribution in [-0.4, -0.2) is 126 Å². The van der Waals surface area contributed by atoms with Crippen LogP contribution in [0, 0.1) is 7.43 Å². The van der Waals surface area contributed by atoms with Crippen LogP contribution in [0.1, 0.15) is 72.2 Å². The van der Waals surface area contributed by atoms with Gasteiger partial charge in [0.2, 0.25) is 0 Å². The molecule has 1 aliphatic heterocycles. The van der Waals surface area contributed by atoms with Crippen LogP contribution in [-0.2, 0) is 50.0 Å². The van der Waals surface area contributed by atoms with Crippen molar-refractivity contribution in [2.24, 2.45) is 0 Å². The van der Waals surface area contributed by atoms with Crippen LogP contribution >= 0.6 is 15.9 Å². The summed E-state index contributed by atoms with van der Waals surface area (Å²) in [6, 6.07) is 19.7. The van der Waals surface area contributed by atoms with Crippen LogP contribution in [0.15, 0.2) is 124 Å². The van der Waals surface area contributed by atoms with E-state index in [9.17, 15) is 26.4 Å². The molecule has 1 saturated heterocycles. The first kappa shape index (κ1) is 65.4. The number of pyridine rings is 4. The second kappa shape index (κ2) is 27.3. The maximum absolute atomic E-state index is 13.2. The second-order valence-corrected chi connectivity index (χ2v) is 24.0. The zero-order chi connectivity index (χ0) is 55.2. The summed E-state index contributed by atoms with van der Waals surface area (Å²) in [7, 11) is -4.54. The van der Waals surface area contributed by atoms with Gasteiger partial charge in [-0.3, -0.25) is 19.1 Å². The number of sulfone groups is 2. The van der Waals surface area contributed by atoms with Gasteiger partial charge < -0.3 is 45.7 Å². The van der Waals surface area contributed by atoms with Crippen LogP contribution in [0.5, 0.6) is 23.0 Å². The number of benzene rings is 2. The number of imidazole rings is 2. The number of methoxy groups -OCH3 is 2. The van der Waals surface area contributed by atoms with Crippen molar-refractivity contribution in [2.45, 2.75) is 72.3 Å². The number of ether oxygens (including phenoxy) is 4. The van der Waals surface area contributed by atoms with E-state index in [-0.39, 0.29) is 47.4 Å². The fraction of sp³-hybridized carbons (Fsp3) is 0.352. The molecule has 20 nitrogen and oxygen atoms in total. The van der Waals surface area contributed by atoms with Crippen molar-refractivity contribution < 1.29 is 66.2 Å². The van der Waals surface area contributed by atoms with Crippen molar-refractivity contribution in [1.29, 1.82) is 0 Å². The molecular weight excluding hydrogens is 1290 g/mol. The smallest absolute Gasteiger partial charge is 0.493 e. The van der Waals surface area contributed by atoms with E-state index < -0.39 is 61.5 Å². The molecule has 6 aromatic heterocycles. The summed E-state index contributed by atoms with van der Waals surface area (Å²) >= 11 is 3.25. The molecule has 8 aromatic rings. The van der Waals surface area contributed by atoms with Gasteiger partial charge in [0.25, 0.3) is 0 Å². The summed E-state index contributed by atoms with van der Waals surface area (Å²) in [6.07, 6.45) is 12.4. The summed E-state index contributed by atoms with van der Waals surface area (Å²) in [6.45, 7) is 12.3. The van der Waals surface area contributed by atoms with Gasteiger partial charge >= 0.3 is 18.5 Å². The Morgan fingerprint density at radius 2 is 1.10 bits per heavy atom. The summed E-state index contributed by atoms with van der Waals surface area (Å²) in [5, 5.41) is 0. The molecule has 0 amide bonds. The van der Waals surface area contributed by atoms with Crippen LogP contribution in [0.3, 0.4) is 0 Å². The van der Waals surface area contributed by atoms with Gasteiger partial charge in [-0.15, -0.1) is 0 Å². The molecule has 25 heteroatoms. The fourth-order valence-corrected chi connectivity index (χ4v) is 10.4. The van der Waals surface area contributed by atoms with Gasteiger partial charge in [0.15, 0.2) is 34.3 Å². The minimum absolute atomic E-state index is 0. The molecule has 0 aliphatic carbocycles. The third-order valence-electron chi connectivity index (χ3n) is 12.6. The Morgan fingerprint density at radius 1 is 0.646 bits per heavy atom. The van der Waals surface area contributed by atoms with E-state index >= 15 is 0 Å². The maximum Gasteiger partial charge on any atom is 0.496 e. The van der Waals surface area contributed by atoms with Crippen LogP contribution in [0.25, 0.3) is 33.5 Å². The average molecular weight is 1360 g/mol. The van der Waals surface area contributed by atoms with Gasteiger partial charge in [-0.1, -0.05) is 25.6 Å². The molecule has 424 valence electrons. The predicted octanol–water partition coefficient (Wildman–Crippen LogP) is 7.82. The molecule has 7 heterocycles. The number of fused-ring (bicyclic) bond motifs is 2. The Kier molecular flexibility index (Phi) is 22.6. The number of rotatable bonds is 16. The van der Waals surface area contributed by atoms with Crippen molar-refractivity contribution >= 4 is 70.5 Å². The normalized spacial score (nSPS) is 14.2. The molecule has 1 fully saturated rings. The summed E-state index contributed by atoms with van der Waals surface area (Å²) in [5.41, 5.74) is 3.08. The minimum atomic E-state index is -3.48. The van der Waals surface area contributed by atoms with Crippen LogP contribution < -0.4 is 35.8 Å². The molecule has 0 radical (unpaired) electrons. The molecule has 0 saturated carbocycles. The van der Waals surface area contributed by atoms with Gasteiger partial charge in [-0.25, -0.2) is 36.4 Å². The number of hydrogen-bond acceptors (Lipinski definition) is 16. The minimum Gasteiger partial charge on any atom is -0.493 e. The SMILES string of the molecule is Brc1cccnc1.C.CCOc1cc([C@@H](CS(C)(=O)=O)n2c(=O)[nH]c3cc(-c4cccnc4)cnc32)ccc1OC.CCOc1cc([C@@H](CS(C)(=O)=O)n2c(=O)[nH]c3cc(B4OC(C)(C)C(C)(C)O4)cnc32)ccc1OC.[CH3-].[W]. The quantitative estimate of drug-likeness (QED) is 0.0691. The van der Waals surface area contributed by atoms with Crippen molar-refractivity contribution in [3.8, 4) is 34.1 Å². The second-order valence-electron chi connectivity index (χ2n) is 18.7. The van der Waals surface area contributed by atoms with Crippen LogP contribution in [0.4, 0.5) is 0 Å². The van der Waals surface area contributed by atoms with E-state index in [1.807, 2.05) is 65.8 Å². The molecule has 0 bridgehead atoms. The molecule has 2 atom stereocenters. The Morgan fingerprint density at radius 3 is 1.49 bits per heavy atom. The van der Waals surface area contributed by atoms with Crippen molar-refractivity contribution in [2.75, 3.05) is 51.5 Å². The molecule has 0 unspecified atom stereocenters. The molecule has 9 rings (SSSR count). The van der Waals surface area contributed by atoms with Gasteiger partial charge in [-0.05, 0) is 123 Å². The molecule has 79 heavy (non-hydrogen) atoms. The first-order chi connectivity index (χ1) is 36.0. The first-order valence-corrected chi connectivity index (χ1v) is 28.9. The number of halogens is 1. The number of hydrogen-bond donors (Lipinski definition) is 2. The molecular formula is C54H67BBrN8O12S2W-. The predicted molar refractivity (Wildman–Crippen MR) is 309 cm³/mol. The van der Waals surface area contributed by atoms with Crippen LogP contribution in [0.2, 0.25) is 0 Å². The van der Waals surface area contributed by atoms with E-state index in [1.54, 1.807) is 85.7 Å². The Bertz CT molecular complexity index is 3660. The summed E-state index contributed by atoms with van der Waals surface area (Å²) in [4.78, 5) is 48.8. The Labute approximate surface area is 484 Å². The maximum atomic E-state index is 13.2. The number of nitrogens with zero attached hydrogens (tertiary/aromatic N) is 6. The van der Waals surface area contributed by atoms with Crippen molar-refractivity contribution in [3.63, 3.8) is 0 Å². The number of H-pyrrole nitrogens is 2. The number of aromatic amines is 2. The van der Waals surface area contributed by atoms with Gasteiger partial charge in [0.1, 0.15) is 19.7 Å². The van der Waals surface area contributed by atoms with E-state index in [0.29, 0.717) is 75.1 Å². The third-order valence-corrected chi connectivity index (χ3v) is 14.9. The molecule has 2 aromatic carbocycles. The zero-order valence-corrected chi connectivity index (χ0v) is 51.3. The van der Waals surface area contributed by atoms with Gasteiger partial charge in [0.05, 0.1) is 73.3 Å². The Hall–Kier alpha value is -6.17. The standard InChI is InChI=1S/C24H32BN3O7S.C23H24N4O5S.C5H4BrN.CH4.CH3.W/c1-8-33-20-11-15(9-10-19(20)32-6)18(14-36(7,30)31)28-21-17(27-22(28)29)12-16(13-26-21)25-34-23(2,3)24(4,5)35-25;1-4-32-21-11-15(7-8-20(21)31-2)19(14-33(3,29)30)27-22-18(26-23(27)28)10-17(13-25-22)16-6-5-9-24-12-16;6-5-2-1-3-7-4-5;;;/h9-13,18H,8,14H2,1-7H3,(H,27,29);5-13,19H,4,14H2,1-3H3,(H,26,28);1-4H;1H4;1H3;/q;;;;-1;/t18-;19-;;;;/m11..../s1. The first-order valence-electron chi connectivity index (χ1n) is 23.9. The number of aromatic nitrogens is 8. The van der Waals surface area contributed by atoms with Crippen molar-refractivity contribution in [3.05, 3.63) is 154 Å².